The Bertz CT molecular complexity index is 359. The van der Waals surface area contributed by atoms with Gasteiger partial charge in [-0.05, 0) is 53.6 Å². The summed E-state index contributed by atoms with van der Waals surface area (Å²) in [6.45, 7) is 5.51. The largest absolute Gasteiger partial charge is 0.381 e. The predicted octanol–water partition coefficient (Wildman–Crippen LogP) is 3.69. The lowest BCUT2D eigenvalue weighted by molar-refractivity contribution is 0.451. The first kappa shape index (κ1) is 11.0. The molecule has 3 heteroatoms. The summed E-state index contributed by atoms with van der Waals surface area (Å²) in [7, 11) is 0. The fourth-order valence-corrected chi connectivity index (χ4v) is 2.53. The molecule has 82 valence electrons. The van der Waals surface area contributed by atoms with Gasteiger partial charge in [-0.15, -0.1) is 0 Å². The van der Waals surface area contributed by atoms with E-state index in [9.17, 15) is 0 Å². The highest BCUT2D eigenvalue weighted by Gasteiger charge is 2.29. The Labute approximate surface area is 105 Å². The molecule has 1 aliphatic rings. The van der Waals surface area contributed by atoms with Crippen LogP contribution < -0.4 is 10.6 Å². The Kier molecular flexibility index (Phi) is 3.09. The number of hydrogen-bond donors (Lipinski definition) is 2. The van der Waals surface area contributed by atoms with Crippen LogP contribution in [0.15, 0.2) is 18.2 Å². The van der Waals surface area contributed by atoms with Crippen molar-refractivity contribution < 1.29 is 0 Å². The molecule has 2 N–H and O–H groups in total. The maximum absolute atomic E-state index is 3.67. The summed E-state index contributed by atoms with van der Waals surface area (Å²) >= 11 is 2.35. The zero-order chi connectivity index (χ0) is 10.9. The zero-order valence-electron chi connectivity index (χ0n) is 9.23. The number of anilines is 2. The van der Waals surface area contributed by atoms with E-state index >= 15 is 0 Å². The van der Waals surface area contributed by atoms with Crippen LogP contribution in [0.25, 0.3) is 0 Å². The second kappa shape index (κ2) is 4.20. The van der Waals surface area contributed by atoms with Gasteiger partial charge in [0.1, 0.15) is 0 Å². The monoisotopic (exact) mass is 316 g/mol. The normalized spacial score (nSPS) is 17.5. The van der Waals surface area contributed by atoms with E-state index in [0.717, 1.165) is 19.4 Å². The number of benzene rings is 1. The average Bonchev–Trinajstić information content (AvgIpc) is 2.28. The first-order valence-electron chi connectivity index (χ1n) is 5.51. The Balaban J connectivity index is 2.30. The van der Waals surface area contributed by atoms with Gasteiger partial charge in [-0.2, -0.15) is 0 Å². The number of hydrogen-bond acceptors (Lipinski definition) is 2. The second-order valence-electron chi connectivity index (χ2n) is 4.16. The molecule has 1 aromatic carbocycles. The van der Waals surface area contributed by atoms with Crippen molar-refractivity contribution in [2.75, 3.05) is 17.2 Å². The summed E-state index contributed by atoms with van der Waals surface area (Å²) in [4.78, 5) is 0. The van der Waals surface area contributed by atoms with Crippen LogP contribution >= 0.6 is 22.6 Å². The molecule has 0 fully saturated rings. The van der Waals surface area contributed by atoms with Crippen LogP contribution in [0, 0.1) is 3.57 Å². The van der Waals surface area contributed by atoms with Crippen molar-refractivity contribution in [2.24, 2.45) is 0 Å². The van der Waals surface area contributed by atoms with Gasteiger partial charge < -0.3 is 10.6 Å². The minimum absolute atomic E-state index is 0.236. The van der Waals surface area contributed by atoms with Crippen molar-refractivity contribution in [1.82, 2.24) is 0 Å². The van der Waals surface area contributed by atoms with Crippen molar-refractivity contribution >= 4 is 34.0 Å². The van der Waals surface area contributed by atoms with E-state index in [1.807, 2.05) is 0 Å². The molecule has 0 atom stereocenters. The SMILES string of the molecule is CCC1(CC)CNc2cc(I)ccc2N1. The van der Waals surface area contributed by atoms with Gasteiger partial charge >= 0.3 is 0 Å². The molecule has 0 saturated heterocycles. The second-order valence-corrected chi connectivity index (χ2v) is 5.40. The van der Waals surface area contributed by atoms with E-state index in [2.05, 4.69) is 65.3 Å². The zero-order valence-corrected chi connectivity index (χ0v) is 11.4. The van der Waals surface area contributed by atoms with E-state index in [0.29, 0.717) is 0 Å². The number of rotatable bonds is 2. The third-order valence-corrected chi connectivity index (χ3v) is 4.02. The van der Waals surface area contributed by atoms with Crippen LogP contribution in [-0.4, -0.2) is 12.1 Å². The van der Waals surface area contributed by atoms with Gasteiger partial charge in [0.25, 0.3) is 0 Å². The fraction of sp³-hybridized carbons (Fsp3) is 0.500. The smallest absolute Gasteiger partial charge is 0.0587 e. The van der Waals surface area contributed by atoms with E-state index in [1.54, 1.807) is 0 Å². The molecular formula is C12H17IN2. The maximum atomic E-state index is 3.67. The van der Waals surface area contributed by atoms with E-state index in [-0.39, 0.29) is 5.54 Å². The lowest BCUT2D eigenvalue weighted by Crippen LogP contribution is -2.46. The van der Waals surface area contributed by atoms with Gasteiger partial charge in [0.15, 0.2) is 0 Å². The number of fused-ring (bicyclic) bond motifs is 1. The summed E-state index contributed by atoms with van der Waals surface area (Å²) < 4.78 is 1.28. The molecule has 2 rings (SSSR count). The first-order valence-corrected chi connectivity index (χ1v) is 6.58. The molecule has 1 heterocycles. The Morgan fingerprint density at radius 2 is 2.00 bits per heavy atom. The van der Waals surface area contributed by atoms with Crippen LogP contribution in [0.1, 0.15) is 26.7 Å². The molecule has 0 amide bonds. The van der Waals surface area contributed by atoms with Crippen molar-refractivity contribution in [3.8, 4) is 0 Å². The van der Waals surface area contributed by atoms with Crippen LogP contribution in [0.2, 0.25) is 0 Å². The highest BCUT2D eigenvalue weighted by Crippen LogP contribution is 2.34. The molecule has 1 aliphatic heterocycles. The Hall–Kier alpha value is -0.450. The topological polar surface area (TPSA) is 24.1 Å². The van der Waals surface area contributed by atoms with Gasteiger partial charge in [-0.1, -0.05) is 13.8 Å². The molecule has 0 radical (unpaired) electrons. The molecule has 0 aliphatic carbocycles. The van der Waals surface area contributed by atoms with Crippen molar-refractivity contribution in [3.63, 3.8) is 0 Å². The van der Waals surface area contributed by atoms with Crippen LogP contribution in [0.5, 0.6) is 0 Å². The van der Waals surface area contributed by atoms with Crippen LogP contribution in [0.4, 0.5) is 11.4 Å². The summed E-state index contributed by atoms with van der Waals surface area (Å²) in [6, 6.07) is 6.51. The van der Waals surface area contributed by atoms with Crippen molar-refractivity contribution in [2.45, 2.75) is 32.2 Å². The maximum Gasteiger partial charge on any atom is 0.0587 e. The van der Waals surface area contributed by atoms with Gasteiger partial charge in [-0.25, -0.2) is 0 Å². The lowest BCUT2D eigenvalue weighted by Gasteiger charge is -2.39. The molecule has 0 bridgehead atoms. The Morgan fingerprint density at radius 1 is 1.27 bits per heavy atom. The molecular weight excluding hydrogens is 299 g/mol. The van der Waals surface area contributed by atoms with Gasteiger partial charge in [-0.3, -0.25) is 0 Å². The molecule has 0 unspecified atom stereocenters. The standard InChI is InChI=1S/C12H17IN2/c1-3-12(4-2)8-14-11-7-9(13)5-6-10(11)15-12/h5-7,14-15H,3-4,8H2,1-2H3. The average molecular weight is 316 g/mol. The number of halogens is 1. The minimum atomic E-state index is 0.236. The predicted molar refractivity (Wildman–Crippen MR) is 74.6 cm³/mol. The lowest BCUT2D eigenvalue weighted by atomic mass is 9.90. The highest BCUT2D eigenvalue weighted by atomic mass is 127. The Morgan fingerprint density at radius 3 is 2.67 bits per heavy atom. The first-order chi connectivity index (χ1) is 7.19. The van der Waals surface area contributed by atoms with Crippen molar-refractivity contribution in [1.29, 1.82) is 0 Å². The fourth-order valence-electron chi connectivity index (χ4n) is 2.04. The summed E-state index contributed by atoms with van der Waals surface area (Å²) in [5.41, 5.74) is 2.71. The minimum Gasteiger partial charge on any atom is -0.381 e. The van der Waals surface area contributed by atoms with Crippen LogP contribution in [-0.2, 0) is 0 Å². The highest BCUT2D eigenvalue weighted by molar-refractivity contribution is 14.1. The molecule has 2 nitrogen and oxygen atoms in total. The summed E-state index contributed by atoms with van der Waals surface area (Å²) in [6.07, 6.45) is 2.31. The third-order valence-electron chi connectivity index (χ3n) is 3.35. The quantitative estimate of drug-likeness (QED) is 0.813. The van der Waals surface area contributed by atoms with Gasteiger partial charge in [0.05, 0.1) is 16.9 Å². The van der Waals surface area contributed by atoms with E-state index in [4.69, 9.17) is 0 Å². The molecule has 1 aromatic rings. The van der Waals surface area contributed by atoms with Gasteiger partial charge in [0.2, 0.25) is 0 Å². The molecule has 0 spiro atoms. The van der Waals surface area contributed by atoms with Crippen molar-refractivity contribution in [3.05, 3.63) is 21.8 Å². The third kappa shape index (κ3) is 2.07. The summed E-state index contributed by atoms with van der Waals surface area (Å²) in [5.74, 6) is 0. The van der Waals surface area contributed by atoms with Crippen LogP contribution in [0.3, 0.4) is 0 Å². The molecule has 15 heavy (non-hydrogen) atoms. The van der Waals surface area contributed by atoms with E-state index in [1.165, 1.54) is 14.9 Å². The van der Waals surface area contributed by atoms with E-state index < -0.39 is 0 Å². The summed E-state index contributed by atoms with van der Waals surface area (Å²) in [5, 5.41) is 7.20. The van der Waals surface area contributed by atoms with Gasteiger partial charge in [0, 0.05) is 10.1 Å². The molecule has 0 aromatic heterocycles. The number of nitrogens with one attached hydrogen (secondary N) is 2. The molecule has 0 saturated carbocycles.